The van der Waals surface area contributed by atoms with Gasteiger partial charge in [-0.25, -0.2) is 4.98 Å². The molecule has 1 saturated heterocycles. The molecule has 8 heteroatoms. The van der Waals surface area contributed by atoms with Crippen LogP contribution in [0.5, 0.6) is 0 Å². The van der Waals surface area contributed by atoms with Gasteiger partial charge in [0.2, 0.25) is 0 Å². The van der Waals surface area contributed by atoms with Crippen LogP contribution < -0.4 is 16.3 Å². The molecule has 3 heterocycles. The molecule has 0 radical (unpaired) electrons. The molecule has 27 heavy (non-hydrogen) atoms. The largest absolute Gasteiger partial charge is 0.377 e. The van der Waals surface area contributed by atoms with Crippen molar-refractivity contribution in [3.05, 3.63) is 64.2 Å². The lowest BCUT2D eigenvalue weighted by molar-refractivity contribution is 0.0209. The van der Waals surface area contributed by atoms with Gasteiger partial charge in [-0.15, -0.1) is 0 Å². The molecule has 0 amide bonds. The Labute approximate surface area is 162 Å². The Hall–Kier alpha value is -2.64. The lowest BCUT2D eigenvalue weighted by atomic mass is 10.1. The number of rotatable bonds is 8. The molecule has 7 nitrogen and oxygen atoms in total. The van der Waals surface area contributed by atoms with Crippen LogP contribution in [0.1, 0.15) is 18.9 Å². The number of hydrazone groups is 1. The molecule has 0 saturated carbocycles. The van der Waals surface area contributed by atoms with Crippen LogP contribution in [-0.2, 0) is 11.3 Å². The highest BCUT2D eigenvalue weighted by Gasteiger charge is 2.19. The molecular weight excluding hydrogens is 366 g/mol. The van der Waals surface area contributed by atoms with Crippen molar-refractivity contribution in [2.45, 2.75) is 25.9 Å². The summed E-state index contributed by atoms with van der Waals surface area (Å²) in [5, 5.41) is 8.13. The summed E-state index contributed by atoms with van der Waals surface area (Å²) in [4.78, 5) is 16.2. The molecule has 1 aliphatic heterocycles. The first-order chi connectivity index (χ1) is 13.1. The zero-order valence-corrected chi connectivity index (χ0v) is 15.9. The minimum atomic E-state index is -0.0393. The van der Waals surface area contributed by atoms with E-state index in [9.17, 15) is 4.79 Å². The summed E-state index contributed by atoms with van der Waals surface area (Å²) < 4.78 is 6.78. The number of aryl methyl sites for hydroxylation is 1. The van der Waals surface area contributed by atoms with Crippen molar-refractivity contribution in [1.82, 2.24) is 9.55 Å². The fourth-order valence-electron chi connectivity index (χ4n) is 2.58. The highest BCUT2D eigenvalue weighted by atomic mass is 35.5. The van der Waals surface area contributed by atoms with Gasteiger partial charge in [-0.2, -0.15) is 5.10 Å². The summed E-state index contributed by atoms with van der Waals surface area (Å²) in [7, 11) is 0. The molecule has 142 valence electrons. The second-order valence-electron chi connectivity index (χ2n) is 6.19. The van der Waals surface area contributed by atoms with Gasteiger partial charge in [0.15, 0.2) is 0 Å². The third kappa shape index (κ3) is 4.75. The van der Waals surface area contributed by atoms with Gasteiger partial charge >= 0.3 is 0 Å². The molecule has 1 fully saturated rings. The molecule has 0 unspecified atom stereocenters. The van der Waals surface area contributed by atoms with Crippen molar-refractivity contribution in [2.75, 3.05) is 24.0 Å². The molecule has 0 aromatic carbocycles. The number of hydrogen-bond donors (Lipinski definition) is 2. The predicted octanol–water partition coefficient (Wildman–Crippen LogP) is 3.12. The first-order valence-electron chi connectivity index (χ1n) is 8.77. The van der Waals surface area contributed by atoms with Crippen LogP contribution in [0.2, 0.25) is 5.02 Å². The van der Waals surface area contributed by atoms with Crippen LogP contribution in [0.3, 0.4) is 0 Å². The maximum absolute atomic E-state index is 11.8. The van der Waals surface area contributed by atoms with E-state index < -0.39 is 0 Å². The molecule has 0 atom stereocenters. The van der Waals surface area contributed by atoms with Gasteiger partial charge in [0.1, 0.15) is 5.82 Å². The van der Waals surface area contributed by atoms with Gasteiger partial charge in [0, 0.05) is 30.6 Å². The summed E-state index contributed by atoms with van der Waals surface area (Å²) in [6.45, 7) is 7.82. The van der Waals surface area contributed by atoms with Gasteiger partial charge in [-0.3, -0.25) is 10.2 Å². The quantitative estimate of drug-likeness (QED) is 0.537. The number of aromatic nitrogens is 2. The zero-order valence-electron chi connectivity index (χ0n) is 15.1. The van der Waals surface area contributed by atoms with E-state index in [0.717, 1.165) is 6.42 Å². The van der Waals surface area contributed by atoms with Crippen LogP contribution >= 0.6 is 11.6 Å². The van der Waals surface area contributed by atoms with Gasteiger partial charge in [-0.1, -0.05) is 25.1 Å². The topological polar surface area (TPSA) is 80.5 Å². The number of anilines is 2. The predicted molar refractivity (Wildman–Crippen MR) is 109 cm³/mol. The Kier molecular flexibility index (Phi) is 6.26. The maximum Gasteiger partial charge on any atom is 0.250 e. The first kappa shape index (κ1) is 19.1. The number of pyridine rings is 2. The van der Waals surface area contributed by atoms with Gasteiger partial charge in [-0.05, 0) is 24.6 Å². The molecular formula is C19H22ClN5O2. The Morgan fingerprint density at radius 2 is 2.33 bits per heavy atom. The normalized spacial score (nSPS) is 14.5. The van der Waals surface area contributed by atoms with Crippen molar-refractivity contribution in [3.63, 3.8) is 0 Å². The van der Waals surface area contributed by atoms with Gasteiger partial charge < -0.3 is 14.6 Å². The second kappa shape index (κ2) is 8.83. The third-order valence-electron chi connectivity index (χ3n) is 4.07. The number of halogens is 1. The Balaban J connectivity index is 1.76. The molecule has 0 aliphatic carbocycles. The van der Waals surface area contributed by atoms with Crippen LogP contribution in [-0.4, -0.2) is 34.5 Å². The fourth-order valence-corrected chi connectivity index (χ4v) is 2.83. The summed E-state index contributed by atoms with van der Waals surface area (Å²) in [6, 6.07) is 5.23. The molecule has 1 aliphatic rings. The second-order valence-corrected chi connectivity index (χ2v) is 6.60. The van der Waals surface area contributed by atoms with Crippen molar-refractivity contribution in [1.29, 1.82) is 0 Å². The molecule has 2 N–H and O–H groups in total. The average Bonchev–Trinajstić information content (AvgIpc) is 2.62. The number of allylic oxidation sites excluding steroid dienone is 1. The lowest BCUT2D eigenvalue weighted by Gasteiger charge is -2.27. The Morgan fingerprint density at radius 1 is 1.52 bits per heavy atom. The molecule has 2 aromatic rings. The van der Waals surface area contributed by atoms with E-state index >= 15 is 0 Å². The lowest BCUT2D eigenvalue weighted by Crippen LogP contribution is -2.40. The average molecular weight is 388 g/mol. The van der Waals surface area contributed by atoms with E-state index in [1.165, 1.54) is 6.07 Å². The fraction of sp³-hybridized carbons (Fsp3) is 0.316. The first-order valence-corrected chi connectivity index (χ1v) is 9.15. The smallest absolute Gasteiger partial charge is 0.250 e. The number of nitrogens with one attached hydrogen (secondary N) is 2. The van der Waals surface area contributed by atoms with E-state index in [1.807, 2.05) is 6.92 Å². The van der Waals surface area contributed by atoms with Crippen molar-refractivity contribution in [2.24, 2.45) is 5.10 Å². The standard InChI is InChI=1S/C19H22ClN5O2/c1-3-7-25-10-13(5-6-19(25)26)23-24-17(4-2)15-9-21-18(8-16(15)20)22-14-11-27-12-14/h4-6,8-10,14,23H,2-3,7,11-12H2,1H3,(H,21,22)/b24-17+. The molecule has 3 rings (SSSR count). The Bertz CT molecular complexity index is 905. The highest BCUT2D eigenvalue weighted by Crippen LogP contribution is 2.21. The van der Waals surface area contributed by atoms with Crippen molar-refractivity contribution >= 4 is 28.8 Å². The van der Waals surface area contributed by atoms with Crippen molar-refractivity contribution < 1.29 is 4.74 Å². The molecule has 2 aromatic heterocycles. The van der Waals surface area contributed by atoms with E-state index in [0.29, 0.717) is 47.6 Å². The zero-order chi connectivity index (χ0) is 19.2. The van der Waals surface area contributed by atoms with E-state index in [4.69, 9.17) is 16.3 Å². The summed E-state index contributed by atoms with van der Waals surface area (Å²) in [5.41, 5.74) is 4.83. The highest BCUT2D eigenvalue weighted by molar-refractivity contribution is 6.35. The SMILES string of the molecule is C=C/C(=N\Nc1ccc(=O)n(CCC)c1)c1cnc(NC2COC2)cc1Cl. The third-order valence-corrected chi connectivity index (χ3v) is 4.38. The van der Waals surface area contributed by atoms with Gasteiger partial charge in [0.05, 0.1) is 35.7 Å². The number of ether oxygens (including phenoxy) is 1. The van der Waals surface area contributed by atoms with Crippen LogP contribution in [0.25, 0.3) is 0 Å². The van der Waals surface area contributed by atoms with Gasteiger partial charge in [0.25, 0.3) is 5.56 Å². The number of nitrogens with zero attached hydrogens (tertiary/aromatic N) is 3. The monoisotopic (exact) mass is 387 g/mol. The minimum Gasteiger partial charge on any atom is -0.377 e. The van der Waals surface area contributed by atoms with E-state index in [-0.39, 0.29) is 11.6 Å². The minimum absolute atomic E-state index is 0.0393. The van der Waals surface area contributed by atoms with Crippen LogP contribution in [0.4, 0.5) is 11.5 Å². The van der Waals surface area contributed by atoms with Crippen LogP contribution in [0.15, 0.2) is 53.1 Å². The maximum atomic E-state index is 11.8. The van der Waals surface area contributed by atoms with E-state index in [2.05, 4.69) is 27.4 Å². The molecule has 0 bridgehead atoms. The summed E-state index contributed by atoms with van der Waals surface area (Å²) in [5.74, 6) is 0.695. The summed E-state index contributed by atoms with van der Waals surface area (Å²) in [6.07, 6.45) is 5.87. The molecule has 0 spiro atoms. The number of hydrogen-bond acceptors (Lipinski definition) is 6. The van der Waals surface area contributed by atoms with Crippen LogP contribution in [0, 0.1) is 0 Å². The van der Waals surface area contributed by atoms with Crippen molar-refractivity contribution in [3.8, 4) is 0 Å². The summed E-state index contributed by atoms with van der Waals surface area (Å²) >= 11 is 6.40. The van der Waals surface area contributed by atoms with E-state index in [1.54, 1.807) is 35.2 Å². The Morgan fingerprint density at radius 3 is 2.96 bits per heavy atom.